The normalized spacial score (nSPS) is 12.0. The molecule has 0 radical (unpaired) electrons. The number of hydrogen-bond donors (Lipinski definition) is 1. The van der Waals surface area contributed by atoms with Crippen molar-refractivity contribution in [3.63, 3.8) is 0 Å². The molecule has 0 aliphatic carbocycles. The second kappa shape index (κ2) is 29.6. The van der Waals surface area contributed by atoms with Gasteiger partial charge in [0.1, 0.15) is 0 Å². The Morgan fingerprint density at radius 2 is 0.606 bits per heavy atom. The molecule has 0 aliphatic heterocycles. The van der Waals surface area contributed by atoms with Crippen LogP contribution >= 0.6 is 0 Å². The SMILES string of the molecule is CCCCCCCCCCCCCCCCCCCCCCCCCCCCC/C=C(/C)O. The summed E-state index contributed by atoms with van der Waals surface area (Å²) in [6.45, 7) is 4.07. The summed E-state index contributed by atoms with van der Waals surface area (Å²) in [6, 6.07) is 0. The second-order valence-corrected chi connectivity index (χ2v) is 10.8. The lowest BCUT2D eigenvalue weighted by Crippen LogP contribution is -1.85. The lowest BCUT2D eigenvalue weighted by molar-refractivity contribution is 0.410. The number of rotatable bonds is 28. The Hall–Kier alpha value is -0.460. The van der Waals surface area contributed by atoms with Gasteiger partial charge in [0.2, 0.25) is 0 Å². The van der Waals surface area contributed by atoms with Crippen LogP contribution in [0.3, 0.4) is 0 Å². The van der Waals surface area contributed by atoms with E-state index in [0.717, 1.165) is 6.42 Å². The molecular formula is C32H64O. The third-order valence-corrected chi connectivity index (χ3v) is 7.25. The number of aliphatic hydroxyl groups is 1. The van der Waals surface area contributed by atoms with Crippen molar-refractivity contribution in [2.24, 2.45) is 0 Å². The minimum atomic E-state index is 0.477. The lowest BCUT2D eigenvalue weighted by atomic mass is 10.0. The molecule has 1 heteroatoms. The molecule has 0 spiro atoms. The maximum atomic E-state index is 9.11. The Morgan fingerprint density at radius 1 is 0.394 bits per heavy atom. The Balaban J connectivity index is 3.02. The van der Waals surface area contributed by atoms with Crippen LogP contribution in [-0.2, 0) is 0 Å². The van der Waals surface area contributed by atoms with Gasteiger partial charge < -0.3 is 5.11 Å². The van der Waals surface area contributed by atoms with Gasteiger partial charge in [-0.3, -0.25) is 0 Å². The van der Waals surface area contributed by atoms with Gasteiger partial charge in [0.25, 0.3) is 0 Å². The molecule has 0 amide bonds. The predicted molar refractivity (Wildman–Crippen MR) is 151 cm³/mol. The fourth-order valence-corrected chi connectivity index (χ4v) is 4.95. The molecule has 0 aromatic heterocycles. The minimum absolute atomic E-state index is 0.477. The quantitative estimate of drug-likeness (QED) is 0.0901. The Bertz CT molecular complexity index is 369. The fraction of sp³-hybridized carbons (Fsp3) is 0.938. The molecule has 0 aliphatic rings. The molecule has 33 heavy (non-hydrogen) atoms. The van der Waals surface area contributed by atoms with Crippen LogP contribution in [0.2, 0.25) is 0 Å². The van der Waals surface area contributed by atoms with E-state index in [1.165, 1.54) is 173 Å². The van der Waals surface area contributed by atoms with E-state index in [1.807, 2.05) is 6.08 Å². The molecular weight excluding hydrogens is 400 g/mol. The van der Waals surface area contributed by atoms with Gasteiger partial charge in [-0.1, -0.05) is 174 Å². The third kappa shape index (κ3) is 31.5. The maximum absolute atomic E-state index is 9.11. The average molecular weight is 465 g/mol. The van der Waals surface area contributed by atoms with Crippen molar-refractivity contribution in [3.8, 4) is 0 Å². The third-order valence-electron chi connectivity index (χ3n) is 7.25. The number of aliphatic hydroxyl groups excluding tert-OH is 1. The van der Waals surface area contributed by atoms with Crippen LogP contribution < -0.4 is 0 Å². The number of hydrogen-bond acceptors (Lipinski definition) is 1. The van der Waals surface area contributed by atoms with Gasteiger partial charge in [0.05, 0.1) is 5.76 Å². The fourth-order valence-electron chi connectivity index (χ4n) is 4.95. The number of allylic oxidation sites excluding steroid dienone is 2. The standard InChI is InChI=1S/C32H64O/c1-3-4-5-6-7-8-9-10-11-12-13-14-15-16-17-18-19-20-21-22-23-24-25-26-27-28-29-30-31-32(2)33/h31,33H,3-30H2,1-2H3/b32-31-. The highest BCUT2D eigenvalue weighted by Gasteiger charge is 1.96. The summed E-state index contributed by atoms with van der Waals surface area (Å²) in [7, 11) is 0. The molecule has 0 saturated carbocycles. The molecule has 0 heterocycles. The van der Waals surface area contributed by atoms with Crippen LogP contribution in [0.1, 0.15) is 194 Å². The van der Waals surface area contributed by atoms with Crippen LogP contribution in [0.25, 0.3) is 0 Å². The van der Waals surface area contributed by atoms with Crippen molar-refractivity contribution in [2.45, 2.75) is 194 Å². The largest absolute Gasteiger partial charge is 0.513 e. The summed E-state index contributed by atoms with van der Waals surface area (Å²) in [4.78, 5) is 0. The van der Waals surface area contributed by atoms with Crippen LogP contribution in [0.4, 0.5) is 0 Å². The Kier molecular flexibility index (Phi) is 29.2. The van der Waals surface area contributed by atoms with Gasteiger partial charge in [-0.2, -0.15) is 0 Å². The van der Waals surface area contributed by atoms with Gasteiger partial charge in [-0.15, -0.1) is 0 Å². The first-order chi connectivity index (χ1) is 16.3. The minimum Gasteiger partial charge on any atom is -0.513 e. The summed E-state index contributed by atoms with van der Waals surface area (Å²) >= 11 is 0. The predicted octanol–water partition coefficient (Wildman–Crippen LogP) is 12.4. The smallest absolute Gasteiger partial charge is 0.0851 e. The van der Waals surface area contributed by atoms with Crippen LogP contribution in [0.15, 0.2) is 11.8 Å². The summed E-state index contributed by atoms with van der Waals surface area (Å²) in [5, 5.41) is 9.11. The maximum Gasteiger partial charge on any atom is 0.0851 e. The van der Waals surface area contributed by atoms with Crippen molar-refractivity contribution in [3.05, 3.63) is 11.8 Å². The summed E-state index contributed by atoms with van der Waals surface area (Å²) in [6.07, 6.45) is 42.0. The van der Waals surface area contributed by atoms with Gasteiger partial charge in [0.15, 0.2) is 0 Å². The molecule has 0 atom stereocenters. The van der Waals surface area contributed by atoms with Crippen LogP contribution in [-0.4, -0.2) is 5.11 Å². The first-order valence-electron chi connectivity index (χ1n) is 15.6. The summed E-state index contributed by atoms with van der Waals surface area (Å²) in [5.41, 5.74) is 0. The van der Waals surface area contributed by atoms with Gasteiger partial charge in [-0.25, -0.2) is 0 Å². The molecule has 0 unspecified atom stereocenters. The first kappa shape index (κ1) is 32.5. The second-order valence-electron chi connectivity index (χ2n) is 10.8. The van der Waals surface area contributed by atoms with Crippen molar-refractivity contribution in [1.82, 2.24) is 0 Å². The average Bonchev–Trinajstić information content (AvgIpc) is 2.80. The van der Waals surface area contributed by atoms with Crippen molar-refractivity contribution in [2.75, 3.05) is 0 Å². The molecule has 198 valence electrons. The van der Waals surface area contributed by atoms with Gasteiger partial charge in [-0.05, 0) is 25.8 Å². The van der Waals surface area contributed by atoms with Gasteiger partial charge >= 0.3 is 0 Å². The van der Waals surface area contributed by atoms with Crippen molar-refractivity contribution >= 4 is 0 Å². The van der Waals surface area contributed by atoms with E-state index in [1.54, 1.807) is 6.92 Å². The molecule has 0 bridgehead atoms. The van der Waals surface area contributed by atoms with Crippen molar-refractivity contribution in [1.29, 1.82) is 0 Å². The zero-order valence-corrected chi connectivity index (χ0v) is 23.3. The van der Waals surface area contributed by atoms with E-state index in [2.05, 4.69) is 6.92 Å². The molecule has 1 nitrogen and oxygen atoms in total. The number of unbranched alkanes of at least 4 members (excludes halogenated alkanes) is 27. The molecule has 0 saturated heterocycles. The summed E-state index contributed by atoms with van der Waals surface area (Å²) < 4.78 is 0. The Labute approximate surface area is 210 Å². The Morgan fingerprint density at radius 3 is 0.818 bits per heavy atom. The van der Waals surface area contributed by atoms with E-state index in [4.69, 9.17) is 5.11 Å². The van der Waals surface area contributed by atoms with E-state index < -0.39 is 0 Å². The lowest BCUT2D eigenvalue weighted by Gasteiger charge is -2.04. The topological polar surface area (TPSA) is 20.2 Å². The van der Waals surface area contributed by atoms with Gasteiger partial charge in [0, 0.05) is 0 Å². The molecule has 1 N–H and O–H groups in total. The first-order valence-corrected chi connectivity index (χ1v) is 15.6. The zero-order chi connectivity index (χ0) is 24.1. The van der Waals surface area contributed by atoms with E-state index in [9.17, 15) is 0 Å². The van der Waals surface area contributed by atoms with E-state index in [0.29, 0.717) is 5.76 Å². The highest BCUT2D eigenvalue weighted by Crippen LogP contribution is 2.16. The van der Waals surface area contributed by atoms with E-state index in [-0.39, 0.29) is 0 Å². The monoisotopic (exact) mass is 464 g/mol. The zero-order valence-electron chi connectivity index (χ0n) is 23.3. The highest BCUT2D eigenvalue weighted by atomic mass is 16.3. The molecule has 0 fully saturated rings. The summed E-state index contributed by atoms with van der Waals surface area (Å²) in [5.74, 6) is 0.477. The molecule has 0 aromatic carbocycles. The van der Waals surface area contributed by atoms with Crippen LogP contribution in [0.5, 0.6) is 0 Å². The molecule has 0 aromatic rings. The van der Waals surface area contributed by atoms with E-state index >= 15 is 0 Å². The molecule has 0 rings (SSSR count). The highest BCUT2D eigenvalue weighted by molar-refractivity contribution is 4.85. The van der Waals surface area contributed by atoms with Crippen LogP contribution in [0, 0.1) is 0 Å². The van der Waals surface area contributed by atoms with Crippen molar-refractivity contribution < 1.29 is 5.11 Å².